The Balaban J connectivity index is 1.65. The molecular formula is C26H25N3O3S. The maximum absolute atomic E-state index is 13.1. The lowest BCUT2D eigenvalue weighted by atomic mass is 10.1. The molecule has 0 spiro atoms. The lowest BCUT2D eigenvalue weighted by Crippen LogP contribution is -2.22. The average molecular weight is 460 g/mol. The number of hydrogen-bond donors (Lipinski definition) is 0. The number of amides is 1. The summed E-state index contributed by atoms with van der Waals surface area (Å²) in [7, 11) is 3.19. The van der Waals surface area contributed by atoms with Gasteiger partial charge in [0.1, 0.15) is 15.4 Å². The van der Waals surface area contributed by atoms with Gasteiger partial charge in [0.05, 0.1) is 19.9 Å². The van der Waals surface area contributed by atoms with Crippen LogP contribution in [0.3, 0.4) is 0 Å². The minimum absolute atomic E-state index is 0.305. The first-order valence-corrected chi connectivity index (χ1v) is 11.3. The number of rotatable bonds is 6. The summed E-state index contributed by atoms with van der Waals surface area (Å²) in [4.78, 5) is 22.6. The average Bonchev–Trinajstić information content (AvgIpc) is 3.23. The molecule has 2 heterocycles. The predicted octanol–water partition coefficient (Wildman–Crippen LogP) is 5.04. The fraction of sp³-hybridized carbons (Fsp3) is 0.192. The van der Waals surface area contributed by atoms with E-state index in [1.807, 2.05) is 54.1 Å². The molecule has 0 aliphatic carbocycles. The molecule has 0 bridgehead atoms. The Bertz CT molecular complexity index is 1350. The zero-order chi connectivity index (χ0) is 23.4. The monoisotopic (exact) mass is 459 g/mol. The van der Waals surface area contributed by atoms with E-state index in [1.54, 1.807) is 14.2 Å². The van der Waals surface area contributed by atoms with E-state index in [4.69, 9.17) is 9.47 Å². The molecule has 2 aromatic carbocycles. The summed E-state index contributed by atoms with van der Waals surface area (Å²) in [6, 6.07) is 19.6. The van der Waals surface area contributed by atoms with Crippen LogP contribution >= 0.6 is 11.3 Å². The number of aryl methyl sites for hydroxylation is 2. The van der Waals surface area contributed by atoms with Crippen LogP contribution in [0.1, 0.15) is 26.5 Å². The number of aromatic nitrogens is 2. The van der Waals surface area contributed by atoms with Gasteiger partial charge in [0.2, 0.25) is 0 Å². The summed E-state index contributed by atoms with van der Waals surface area (Å²) in [6.07, 6.45) is 1.93. The third-order valence-electron chi connectivity index (χ3n) is 5.23. The van der Waals surface area contributed by atoms with E-state index in [-0.39, 0.29) is 5.91 Å². The topological polar surface area (TPSA) is 65.7 Å². The molecule has 0 aliphatic heterocycles. The highest BCUT2D eigenvalue weighted by Crippen LogP contribution is 2.35. The third-order valence-corrected chi connectivity index (χ3v) is 6.42. The molecule has 1 amide bonds. The van der Waals surface area contributed by atoms with Gasteiger partial charge in [0.15, 0.2) is 11.5 Å². The molecule has 0 unspecified atom stereocenters. The van der Waals surface area contributed by atoms with E-state index in [0.717, 1.165) is 16.1 Å². The SMILES string of the molecule is COc1ccc(-c2nc(C)c(C(=O)N=c3ccccn3Cc3ccc(C)cc3)s2)cc1OC. The van der Waals surface area contributed by atoms with Gasteiger partial charge < -0.3 is 14.0 Å². The number of carbonyl (C=O) groups is 1. The van der Waals surface area contributed by atoms with Crippen LogP contribution in [0.5, 0.6) is 11.5 Å². The van der Waals surface area contributed by atoms with Gasteiger partial charge in [0.25, 0.3) is 5.91 Å². The minimum atomic E-state index is -0.305. The zero-order valence-corrected chi connectivity index (χ0v) is 19.8. The van der Waals surface area contributed by atoms with E-state index < -0.39 is 0 Å². The van der Waals surface area contributed by atoms with Gasteiger partial charge in [-0.25, -0.2) is 4.98 Å². The maximum atomic E-state index is 13.1. The van der Waals surface area contributed by atoms with Crippen molar-refractivity contribution in [2.75, 3.05) is 14.2 Å². The van der Waals surface area contributed by atoms with Crippen LogP contribution < -0.4 is 15.0 Å². The Morgan fingerprint density at radius 3 is 2.48 bits per heavy atom. The fourth-order valence-corrected chi connectivity index (χ4v) is 4.38. The molecule has 168 valence electrons. The van der Waals surface area contributed by atoms with E-state index in [0.29, 0.717) is 34.1 Å². The van der Waals surface area contributed by atoms with E-state index in [9.17, 15) is 4.79 Å². The van der Waals surface area contributed by atoms with Gasteiger partial charge in [0, 0.05) is 18.3 Å². The van der Waals surface area contributed by atoms with Crippen molar-refractivity contribution in [2.24, 2.45) is 4.99 Å². The second kappa shape index (κ2) is 9.83. The van der Waals surface area contributed by atoms with Crippen molar-refractivity contribution in [1.29, 1.82) is 0 Å². The largest absolute Gasteiger partial charge is 0.493 e. The smallest absolute Gasteiger partial charge is 0.290 e. The summed E-state index contributed by atoms with van der Waals surface area (Å²) < 4.78 is 12.7. The van der Waals surface area contributed by atoms with E-state index in [2.05, 4.69) is 41.2 Å². The van der Waals surface area contributed by atoms with Gasteiger partial charge in [-0.05, 0) is 49.7 Å². The van der Waals surface area contributed by atoms with Crippen molar-refractivity contribution in [3.8, 4) is 22.1 Å². The number of methoxy groups -OCH3 is 2. The number of benzene rings is 2. The van der Waals surface area contributed by atoms with Gasteiger partial charge in [-0.15, -0.1) is 11.3 Å². The Morgan fingerprint density at radius 2 is 1.76 bits per heavy atom. The number of nitrogens with zero attached hydrogens (tertiary/aromatic N) is 3. The van der Waals surface area contributed by atoms with Crippen molar-refractivity contribution in [2.45, 2.75) is 20.4 Å². The lowest BCUT2D eigenvalue weighted by Gasteiger charge is -2.08. The quantitative estimate of drug-likeness (QED) is 0.405. The second-order valence-corrected chi connectivity index (χ2v) is 8.59. The molecule has 0 N–H and O–H groups in total. The summed E-state index contributed by atoms with van der Waals surface area (Å²) in [5.74, 6) is 0.950. The van der Waals surface area contributed by atoms with Crippen LogP contribution in [0.15, 0.2) is 71.9 Å². The molecule has 0 aliphatic rings. The Hall–Kier alpha value is -3.71. The molecule has 4 rings (SSSR count). The molecule has 0 atom stereocenters. The first-order valence-electron chi connectivity index (χ1n) is 10.5. The Morgan fingerprint density at radius 1 is 1.00 bits per heavy atom. The highest BCUT2D eigenvalue weighted by Gasteiger charge is 2.17. The standard InChI is InChI=1S/C26H25N3O3S/c1-17-8-10-19(11-9-17)16-29-14-6-5-7-23(29)28-25(30)24-18(2)27-26(33-24)20-12-13-21(31-3)22(15-20)32-4/h5-15H,16H2,1-4H3. The molecule has 4 aromatic rings. The molecule has 7 heteroatoms. The van der Waals surface area contributed by atoms with Crippen molar-refractivity contribution in [3.05, 3.63) is 94.0 Å². The second-order valence-electron chi connectivity index (χ2n) is 7.59. The zero-order valence-electron chi connectivity index (χ0n) is 19.0. The molecule has 0 saturated carbocycles. The molecule has 0 radical (unpaired) electrons. The molecular weight excluding hydrogens is 434 g/mol. The van der Waals surface area contributed by atoms with Gasteiger partial charge in [-0.3, -0.25) is 4.79 Å². The van der Waals surface area contributed by atoms with Crippen molar-refractivity contribution < 1.29 is 14.3 Å². The molecule has 0 saturated heterocycles. The first kappa shape index (κ1) is 22.5. The van der Waals surface area contributed by atoms with Crippen LogP contribution in [-0.4, -0.2) is 29.7 Å². The normalized spacial score (nSPS) is 11.5. The van der Waals surface area contributed by atoms with Crippen LogP contribution in [-0.2, 0) is 6.54 Å². The Labute approximate surface area is 196 Å². The minimum Gasteiger partial charge on any atom is -0.493 e. The summed E-state index contributed by atoms with van der Waals surface area (Å²) in [6.45, 7) is 4.52. The number of pyridine rings is 1. The van der Waals surface area contributed by atoms with Crippen molar-refractivity contribution in [1.82, 2.24) is 9.55 Å². The molecule has 33 heavy (non-hydrogen) atoms. The Kier molecular flexibility index (Phi) is 6.70. The number of ether oxygens (including phenoxy) is 2. The van der Waals surface area contributed by atoms with Gasteiger partial charge >= 0.3 is 0 Å². The third kappa shape index (κ3) is 5.04. The van der Waals surface area contributed by atoms with Gasteiger partial charge in [-0.2, -0.15) is 4.99 Å². The van der Waals surface area contributed by atoms with Crippen LogP contribution in [0.25, 0.3) is 10.6 Å². The molecule has 0 fully saturated rings. The van der Waals surface area contributed by atoms with Crippen LogP contribution in [0, 0.1) is 13.8 Å². The van der Waals surface area contributed by atoms with Crippen molar-refractivity contribution >= 4 is 17.2 Å². The molecule has 2 aromatic heterocycles. The molecule has 6 nitrogen and oxygen atoms in total. The summed E-state index contributed by atoms with van der Waals surface area (Å²) >= 11 is 1.32. The van der Waals surface area contributed by atoms with Gasteiger partial charge in [-0.1, -0.05) is 35.9 Å². The highest BCUT2D eigenvalue weighted by molar-refractivity contribution is 7.17. The van der Waals surface area contributed by atoms with Crippen molar-refractivity contribution in [3.63, 3.8) is 0 Å². The fourth-order valence-electron chi connectivity index (χ4n) is 3.44. The number of hydrogen-bond acceptors (Lipinski definition) is 5. The van der Waals surface area contributed by atoms with Crippen LogP contribution in [0.2, 0.25) is 0 Å². The van der Waals surface area contributed by atoms with E-state index in [1.165, 1.54) is 16.9 Å². The first-order chi connectivity index (χ1) is 16.0. The number of thiazole rings is 1. The van der Waals surface area contributed by atoms with E-state index >= 15 is 0 Å². The highest BCUT2D eigenvalue weighted by atomic mass is 32.1. The van der Waals surface area contributed by atoms with Crippen LogP contribution in [0.4, 0.5) is 0 Å². The predicted molar refractivity (Wildman–Crippen MR) is 130 cm³/mol. The summed E-state index contributed by atoms with van der Waals surface area (Å²) in [5, 5.41) is 0.729. The maximum Gasteiger partial charge on any atom is 0.290 e. The number of carbonyl (C=O) groups excluding carboxylic acids is 1. The summed E-state index contributed by atoms with van der Waals surface area (Å²) in [5.41, 5.74) is 4.46. The lowest BCUT2D eigenvalue weighted by molar-refractivity contribution is 0.1000.